The van der Waals surface area contributed by atoms with Gasteiger partial charge >= 0.3 is 0 Å². The molecule has 2 nitrogen and oxygen atoms in total. The van der Waals surface area contributed by atoms with E-state index in [0.717, 1.165) is 18.7 Å². The summed E-state index contributed by atoms with van der Waals surface area (Å²) in [5.41, 5.74) is 1.15. The SMILES string of the molecule is CNC(CN(C)Cc1ccc(F)cc1)C(C)C. The van der Waals surface area contributed by atoms with Gasteiger partial charge in [-0.2, -0.15) is 0 Å². The van der Waals surface area contributed by atoms with Gasteiger partial charge in [0.2, 0.25) is 0 Å². The predicted octanol–water partition coefficient (Wildman–Crippen LogP) is 2.50. The maximum atomic E-state index is 12.8. The lowest BCUT2D eigenvalue weighted by molar-refractivity contribution is 0.256. The van der Waals surface area contributed by atoms with Gasteiger partial charge in [0.05, 0.1) is 0 Å². The second-order valence-electron chi connectivity index (χ2n) is 4.96. The van der Waals surface area contributed by atoms with Crippen LogP contribution in [-0.4, -0.2) is 31.6 Å². The largest absolute Gasteiger partial charge is 0.315 e. The van der Waals surface area contributed by atoms with E-state index < -0.39 is 0 Å². The van der Waals surface area contributed by atoms with Gasteiger partial charge in [0.1, 0.15) is 5.82 Å². The van der Waals surface area contributed by atoms with E-state index in [2.05, 4.69) is 31.1 Å². The van der Waals surface area contributed by atoms with E-state index in [1.807, 2.05) is 19.2 Å². The summed E-state index contributed by atoms with van der Waals surface area (Å²) in [6, 6.07) is 7.20. The fourth-order valence-electron chi connectivity index (χ4n) is 1.94. The van der Waals surface area contributed by atoms with E-state index >= 15 is 0 Å². The van der Waals surface area contributed by atoms with Crippen molar-refractivity contribution in [2.45, 2.75) is 26.4 Å². The van der Waals surface area contributed by atoms with E-state index in [9.17, 15) is 4.39 Å². The summed E-state index contributed by atoms with van der Waals surface area (Å²) in [6.07, 6.45) is 0. The minimum absolute atomic E-state index is 0.174. The Morgan fingerprint density at radius 3 is 2.29 bits per heavy atom. The molecule has 0 radical (unpaired) electrons. The number of nitrogens with one attached hydrogen (secondary N) is 1. The highest BCUT2D eigenvalue weighted by Gasteiger charge is 2.13. The first-order valence-electron chi connectivity index (χ1n) is 6.13. The molecule has 1 N–H and O–H groups in total. The van der Waals surface area contributed by atoms with E-state index in [-0.39, 0.29) is 5.82 Å². The van der Waals surface area contributed by atoms with Gasteiger partial charge in [0, 0.05) is 19.1 Å². The van der Waals surface area contributed by atoms with Crippen molar-refractivity contribution in [3.05, 3.63) is 35.6 Å². The summed E-state index contributed by atoms with van der Waals surface area (Å²) in [4.78, 5) is 2.26. The molecule has 0 aromatic heterocycles. The highest BCUT2D eigenvalue weighted by molar-refractivity contribution is 5.15. The van der Waals surface area contributed by atoms with Gasteiger partial charge < -0.3 is 10.2 Å². The maximum Gasteiger partial charge on any atom is 0.123 e. The number of hydrogen-bond acceptors (Lipinski definition) is 2. The molecule has 1 atom stereocenters. The summed E-state index contributed by atoms with van der Waals surface area (Å²) >= 11 is 0. The Balaban J connectivity index is 2.48. The van der Waals surface area contributed by atoms with Crippen LogP contribution in [0.15, 0.2) is 24.3 Å². The lowest BCUT2D eigenvalue weighted by Gasteiger charge is -2.26. The second-order valence-corrected chi connectivity index (χ2v) is 4.96. The van der Waals surface area contributed by atoms with Gasteiger partial charge in [0.15, 0.2) is 0 Å². The molecule has 1 aromatic rings. The average Bonchev–Trinajstić information content (AvgIpc) is 2.28. The van der Waals surface area contributed by atoms with Gasteiger partial charge in [-0.05, 0) is 37.7 Å². The van der Waals surface area contributed by atoms with Crippen molar-refractivity contribution in [1.29, 1.82) is 0 Å². The zero-order valence-corrected chi connectivity index (χ0v) is 11.2. The number of benzene rings is 1. The van der Waals surface area contributed by atoms with E-state index in [1.165, 1.54) is 12.1 Å². The van der Waals surface area contributed by atoms with Crippen molar-refractivity contribution in [1.82, 2.24) is 10.2 Å². The summed E-state index contributed by atoms with van der Waals surface area (Å²) in [7, 11) is 4.09. The van der Waals surface area contributed by atoms with Crippen LogP contribution in [0.4, 0.5) is 4.39 Å². The number of halogens is 1. The van der Waals surface area contributed by atoms with Crippen LogP contribution in [0.3, 0.4) is 0 Å². The van der Waals surface area contributed by atoms with Gasteiger partial charge in [-0.15, -0.1) is 0 Å². The minimum Gasteiger partial charge on any atom is -0.315 e. The normalized spacial score (nSPS) is 13.4. The standard InChI is InChI=1S/C14H23FN2/c1-11(2)14(16-3)10-17(4)9-12-5-7-13(15)8-6-12/h5-8,11,14,16H,9-10H2,1-4H3. The molecular formula is C14H23FN2. The molecule has 0 amide bonds. The molecule has 0 saturated carbocycles. The smallest absolute Gasteiger partial charge is 0.123 e. The zero-order chi connectivity index (χ0) is 12.8. The predicted molar refractivity (Wildman–Crippen MR) is 70.4 cm³/mol. The first-order valence-corrected chi connectivity index (χ1v) is 6.13. The lowest BCUT2D eigenvalue weighted by Crippen LogP contribution is -2.40. The van der Waals surface area contributed by atoms with Crippen molar-refractivity contribution in [2.24, 2.45) is 5.92 Å². The lowest BCUT2D eigenvalue weighted by atomic mass is 10.0. The Morgan fingerprint density at radius 2 is 1.82 bits per heavy atom. The van der Waals surface area contributed by atoms with E-state index in [4.69, 9.17) is 0 Å². The van der Waals surface area contributed by atoms with Crippen molar-refractivity contribution in [3.63, 3.8) is 0 Å². The maximum absolute atomic E-state index is 12.8. The first-order chi connectivity index (χ1) is 8.02. The Labute approximate surface area is 104 Å². The molecule has 0 spiro atoms. The molecule has 0 aliphatic rings. The summed E-state index contributed by atoms with van der Waals surface area (Å²) in [5, 5.41) is 3.33. The van der Waals surface area contributed by atoms with E-state index in [0.29, 0.717) is 12.0 Å². The third-order valence-corrected chi connectivity index (χ3v) is 3.05. The molecule has 1 unspecified atom stereocenters. The van der Waals surface area contributed by atoms with Crippen LogP contribution < -0.4 is 5.32 Å². The average molecular weight is 238 g/mol. The molecule has 96 valence electrons. The van der Waals surface area contributed by atoms with Crippen molar-refractivity contribution in [2.75, 3.05) is 20.6 Å². The van der Waals surface area contributed by atoms with Crippen molar-refractivity contribution in [3.8, 4) is 0 Å². The first kappa shape index (κ1) is 14.1. The van der Waals surface area contributed by atoms with Crippen LogP contribution in [0.5, 0.6) is 0 Å². The van der Waals surface area contributed by atoms with Crippen molar-refractivity contribution < 1.29 is 4.39 Å². The number of likely N-dealkylation sites (N-methyl/N-ethyl adjacent to an activating group) is 2. The second kappa shape index (κ2) is 6.72. The quantitative estimate of drug-likeness (QED) is 0.819. The van der Waals surface area contributed by atoms with Crippen LogP contribution in [0.1, 0.15) is 19.4 Å². The molecule has 1 aromatic carbocycles. The van der Waals surface area contributed by atoms with Crippen molar-refractivity contribution >= 4 is 0 Å². The Bertz CT molecular complexity index is 321. The highest BCUT2D eigenvalue weighted by atomic mass is 19.1. The molecule has 0 heterocycles. The third-order valence-electron chi connectivity index (χ3n) is 3.05. The van der Waals surface area contributed by atoms with Gasteiger partial charge in [-0.3, -0.25) is 0 Å². The molecule has 0 aliphatic heterocycles. The van der Waals surface area contributed by atoms with Gasteiger partial charge in [-0.25, -0.2) is 4.39 Å². The molecule has 0 saturated heterocycles. The van der Waals surface area contributed by atoms with E-state index in [1.54, 1.807) is 0 Å². The molecule has 17 heavy (non-hydrogen) atoms. The molecular weight excluding hydrogens is 215 g/mol. The fraction of sp³-hybridized carbons (Fsp3) is 0.571. The molecule has 0 aliphatic carbocycles. The van der Waals surface area contributed by atoms with Crippen LogP contribution in [0.2, 0.25) is 0 Å². The summed E-state index contributed by atoms with van der Waals surface area (Å²) in [5.74, 6) is 0.433. The van der Waals surface area contributed by atoms with Gasteiger partial charge in [0.25, 0.3) is 0 Å². The molecule has 0 bridgehead atoms. The Kier molecular flexibility index (Phi) is 5.59. The molecule has 0 fully saturated rings. The Morgan fingerprint density at radius 1 is 1.24 bits per heavy atom. The van der Waals surface area contributed by atoms with Crippen LogP contribution in [0.25, 0.3) is 0 Å². The summed E-state index contributed by atoms with van der Waals surface area (Å²) in [6.45, 7) is 6.27. The number of nitrogens with zero attached hydrogens (tertiary/aromatic N) is 1. The van der Waals surface area contributed by atoms with Crippen LogP contribution in [0, 0.1) is 11.7 Å². The summed E-state index contributed by atoms with van der Waals surface area (Å²) < 4.78 is 12.8. The minimum atomic E-state index is -0.174. The fourth-order valence-corrected chi connectivity index (χ4v) is 1.94. The van der Waals surface area contributed by atoms with Crippen LogP contribution in [-0.2, 0) is 6.54 Å². The molecule has 1 rings (SSSR count). The highest BCUT2D eigenvalue weighted by Crippen LogP contribution is 2.08. The third kappa shape index (κ3) is 4.84. The molecule has 3 heteroatoms. The zero-order valence-electron chi connectivity index (χ0n) is 11.2. The monoisotopic (exact) mass is 238 g/mol. The Hall–Kier alpha value is -0.930. The number of rotatable bonds is 6. The van der Waals surface area contributed by atoms with Crippen LogP contribution >= 0.6 is 0 Å². The van der Waals surface area contributed by atoms with Gasteiger partial charge in [-0.1, -0.05) is 26.0 Å². The topological polar surface area (TPSA) is 15.3 Å². The number of hydrogen-bond donors (Lipinski definition) is 1.